The van der Waals surface area contributed by atoms with Gasteiger partial charge in [0, 0.05) is 13.1 Å². The molecule has 0 radical (unpaired) electrons. The summed E-state index contributed by atoms with van der Waals surface area (Å²) < 4.78 is 67.4. The number of piperazine rings is 1. The number of carbonyl (C=O) groups is 1. The maximum absolute atomic E-state index is 13.9. The van der Waals surface area contributed by atoms with Crippen molar-refractivity contribution in [1.29, 1.82) is 0 Å². The fraction of sp³-hybridized carbons (Fsp3) is 0.429. The first-order valence-corrected chi connectivity index (χ1v) is 8.02. The van der Waals surface area contributed by atoms with Crippen molar-refractivity contribution in [2.45, 2.75) is 18.1 Å². The van der Waals surface area contributed by atoms with Gasteiger partial charge in [-0.25, -0.2) is 13.8 Å². The summed E-state index contributed by atoms with van der Waals surface area (Å²) in [6.07, 6.45) is -7.94. The van der Waals surface area contributed by atoms with Crippen LogP contribution in [-0.4, -0.2) is 48.0 Å². The first-order chi connectivity index (χ1) is 11.6. The molecular formula is C14H13F5N4OS. The van der Waals surface area contributed by atoms with Crippen LogP contribution in [0.15, 0.2) is 18.2 Å². The summed E-state index contributed by atoms with van der Waals surface area (Å²) in [6.45, 7) is -1.54. The second kappa shape index (κ2) is 6.06. The van der Waals surface area contributed by atoms with Crippen molar-refractivity contribution < 1.29 is 26.7 Å². The highest BCUT2D eigenvalue weighted by atomic mass is 32.1. The molecule has 2 heterocycles. The van der Waals surface area contributed by atoms with Crippen LogP contribution >= 0.6 is 11.3 Å². The zero-order valence-electron chi connectivity index (χ0n) is 12.6. The minimum atomic E-state index is -5.02. The monoisotopic (exact) mass is 380 g/mol. The maximum atomic E-state index is 13.9. The van der Waals surface area contributed by atoms with E-state index >= 15 is 0 Å². The van der Waals surface area contributed by atoms with Gasteiger partial charge < -0.3 is 10.6 Å². The fourth-order valence-corrected chi connectivity index (χ4v) is 3.69. The number of alkyl halides is 5. The Morgan fingerprint density at radius 3 is 2.76 bits per heavy atom. The van der Waals surface area contributed by atoms with Crippen molar-refractivity contribution in [1.82, 2.24) is 15.2 Å². The van der Waals surface area contributed by atoms with E-state index in [2.05, 4.69) is 10.3 Å². The van der Waals surface area contributed by atoms with Crippen molar-refractivity contribution in [2.24, 2.45) is 0 Å². The van der Waals surface area contributed by atoms with E-state index in [1.165, 1.54) is 12.1 Å². The number of nitrogens with one attached hydrogen (secondary N) is 1. The van der Waals surface area contributed by atoms with Crippen LogP contribution in [0.5, 0.6) is 0 Å². The lowest BCUT2D eigenvalue weighted by atomic mass is 9.85. The Hall–Kier alpha value is -2.01. The number of halogens is 5. The summed E-state index contributed by atoms with van der Waals surface area (Å²) in [5.74, 6) is -1.44. The molecular weight excluding hydrogens is 367 g/mol. The number of hydrogen-bond acceptors (Lipinski definition) is 5. The van der Waals surface area contributed by atoms with Gasteiger partial charge in [0.2, 0.25) is 5.54 Å². The van der Waals surface area contributed by atoms with Crippen LogP contribution in [0.25, 0.3) is 10.2 Å². The summed E-state index contributed by atoms with van der Waals surface area (Å²) in [6, 6.07) is 3.62. The van der Waals surface area contributed by atoms with Gasteiger partial charge in [-0.15, -0.1) is 0 Å². The molecule has 0 bridgehead atoms. The number of carbonyl (C=O) groups excluding carboxylic acids is 1. The Labute approximate surface area is 142 Å². The van der Waals surface area contributed by atoms with E-state index in [-0.39, 0.29) is 23.8 Å². The van der Waals surface area contributed by atoms with Gasteiger partial charge in [0.15, 0.2) is 5.13 Å². The topological polar surface area (TPSA) is 71.2 Å². The van der Waals surface area contributed by atoms with Crippen LogP contribution in [0.1, 0.15) is 5.56 Å². The molecule has 1 aliphatic heterocycles. The van der Waals surface area contributed by atoms with Gasteiger partial charge in [0.25, 0.3) is 12.3 Å². The highest BCUT2D eigenvalue weighted by molar-refractivity contribution is 7.22. The maximum Gasteiger partial charge on any atom is 0.419 e. The third-order valence-electron chi connectivity index (χ3n) is 4.00. The lowest BCUT2D eigenvalue weighted by molar-refractivity contribution is -0.215. The van der Waals surface area contributed by atoms with Gasteiger partial charge in [-0.2, -0.15) is 13.2 Å². The molecule has 3 rings (SSSR count). The van der Waals surface area contributed by atoms with E-state index in [0.717, 1.165) is 17.4 Å². The molecule has 136 valence electrons. The molecule has 1 atom stereocenters. The largest absolute Gasteiger partial charge is 0.419 e. The number of anilines is 1. The molecule has 5 nitrogen and oxygen atoms in total. The number of benzene rings is 1. The number of nitrogens with two attached hydrogens (primary N) is 1. The van der Waals surface area contributed by atoms with Gasteiger partial charge in [0.05, 0.1) is 16.8 Å². The van der Waals surface area contributed by atoms with Gasteiger partial charge in [-0.1, -0.05) is 17.4 Å². The molecule has 1 aromatic heterocycles. The molecule has 1 aliphatic rings. The number of nitrogen functional groups attached to an aromatic ring is 1. The Bertz CT molecular complexity index is 808. The molecule has 11 heteroatoms. The van der Waals surface area contributed by atoms with Crippen LogP contribution < -0.4 is 11.1 Å². The second-order valence-electron chi connectivity index (χ2n) is 5.55. The Morgan fingerprint density at radius 1 is 1.40 bits per heavy atom. The van der Waals surface area contributed by atoms with Crippen molar-refractivity contribution in [3.63, 3.8) is 0 Å². The van der Waals surface area contributed by atoms with E-state index in [9.17, 15) is 26.7 Å². The van der Waals surface area contributed by atoms with E-state index in [4.69, 9.17) is 5.73 Å². The molecule has 1 saturated heterocycles. The highest BCUT2D eigenvalue weighted by Gasteiger charge is 2.64. The summed E-state index contributed by atoms with van der Waals surface area (Å²) >= 11 is 0.979. The predicted octanol–water partition coefficient (Wildman–Crippen LogP) is 2.33. The second-order valence-corrected chi connectivity index (χ2v) is 6.61. The van der Waals surface area contributed by atoms with Crippen LogP contribution in [0.4, 0.5) is 27.1 Å². The Kier molecular flexibility index (Phi) is 4.31. The zero-order chi connectivity index (χ0) is 18.4. The molecule has 1 fully saturated rings. The summed E-state index contributed by atoms with van der Waals surface area (Å²) in [5.41, 5.74) is 2.50. The Morgan fingerprint density at radius 2 is 2.12 bits per heavy atom. The SMILES string of the molecule is Nc1nc2ccc(C3(C(F)(F)F)NCCN(CC(F)F)C3=O)cc2s1. The van der Waals surface area contributed by atoms with Gasteiger partial charge >= 0.3 is 6.18 Å². The minimum absolute atomic E-state index is 0.176. The first kappa shape index (κ1) is 17.8. The van der Waals surface area contributed by atoms with Crippen molar-refractivity contribution in [3.8, 4) is 0 Å². The lowest BCUT2D eigenvalue weighted by Gasteiger charge is -2.43. The third-order valence-corrected chi connectivity index (χ3v) is 4.85. The van der Waals surface area contributed by atoms with Crippen molar-refractivity contribution >= 4 is 32.6 Å². The number of fused-ring (bicyclic) bond motifs is 1. The van der Waals surface area contributed by atoms with Crippen LogP contribution in [0.2, 0.25) is 0 Å². The van der Waals surface area contributed by atoms with Gasteiger partial charge in [-0.3, -0.25) is 10.1 Å². The molecule has 1 aromatic carbocycles. The normalized spacial score (nSPS) is 22.2. The minimum Gasteiger partial charge on any atom is -0.375 e. The standard InChI is InChI=1S/C14H13F5N4OS/c15-10(16)6-23-4-3-21-13(11(23)24,14(17,18)19)7-1-2-8-9(5-7)25-12(20)22-8/h1-2,5,10,21H,3-4,6H2,(H2,20,22). The summed E-state index contributed by atoms with van der Waals surface area (Å²) in [7, 11) is 0. The number of hydrogen-bond donors (Lipinski definition) is 2. The smallest absolute Gasteiger partial charge is 0.375 e. The molecule has 1 amide bonds. The zero-order valence-corrected chi connectivity index (χ0v) is 13.4. The quantitative estimate of drug-likeness (QED) is 0.802. The summed E-state index contributed by atoms with van der Waals surface area (Å²) in [4.78, 5) is 17.0. The van der Waals surface area contributed by atoms with E-state index < -0.39 is 30.6 Å². The van der Waals surface area contributed by atoms with Crippen LogP contribution in [0.3, 0.4) is 0 Å². The van der Waals surface area contributed by atoms with Gasteiger partial charge in [0.1, 0.15) is 0 Å². The van der Waals surface area contributed by atoms with E-state index in [1.54, 1.807) is 0 Å². The number of nitrogens with zero attached hydrogens (tertiary/aromatic N) is 2. The summed E-state index contributed by atoms with van der Waals surface area (Å²) in [5, 5.41) is 2.38. The molecule has 3 N–H and O–H groups in total. The molecule has 0 saturated carbocycles. The van der Waals surface area contributed by atoms with Crippen molar-refractivity contribution in [3.05, 3.63) is 23.8 Å². The third kappa shape index (κ3) is 2.91. The molecule has 1 unspecified atom stereocenters. The predicted molar refractivity (Wildman–Crippen MR) is 82.4 cm³/mol. The molecule has 0 spiro atoms. The number of aromatic nitrogens is 1. The molecule has 0 aliphatic carbocycles. The average Bonchev–Trinajstić information content (AvgIpc) is 2.87. The molecule has 25 heavy (non-hydrogen) atoms. The first-order valence-electron chi connectivity index (χ1n) is 7.21. The number of thiazole rings is 1. The van der Waals surface area contributed by atoms with E-state index in [0.29, 0.717) is 15.1 Å². The highest BCUT2D eigenvalue weighted by Crippen LogP contribution is 2.43. The fourth-order valence-electron chi connectivity index (χ4n) is 2.92. The average molecular weight is 380 g/mol. The Balaban J connectivity index is 2.13. The lowest BCUT2D eigenvalue weighted by Crippen LogP contribution is -2.69. The molecule has 2 aromatic rings. The number of rotatable bonds is 3. The van der Waals surface area contributed by atoms with Gasteiger partial charge in [-0.05, 0) is 17.7 Å². The number of amides is 1. The van der Waals surface area contributed by atoms with Crippen LogP contribution in [0, 0.1) is 0 Å². The van der Waals surface area contributed by atoms with Crippen LogP contribution in [-0.2, 0) is 10.3 Å². The van der Waals surface area contributed by atoms with E-state index in [1.807, 2.05) is 0 Å². The van der Waals surface area contributed by atoms with Crippen molar-refractivity contribution in [2.75, 3.05) is 25.4 Å².